The summed E-state index contributed by atoms with van der Waals surface area (Å²) in [5.41, 5.74) is 8.03. The van der Waals surface area contributed by atoms with Gasteiger partial charge in [0.05, 0.1) is 0 Å². The zero-order chi connectivity index (χ0) is 19.1. The van der Waals surface area contributed by atoms with Crippen molar-refractivity contribution in [2.45, 2.75) is 18.9 Å². The molecule has 0 aliphatic heterocycles. The number of hydrogen-bond donors (Lipinski definition) is 1. The summed E-state index contributed by atoms with van der Waals surface area (Å²) in [6.07, 6.45) is 2.67. The fourth-order valence-corrected chi connectivity index (χ4v) is 2.72. The molecule has 0 saturated carbocycles. The molecule has 3 rings (SSSR count). The maximum atomic E-state index is 12.5. The number of ether oxygens (including phenoxy) is 1. The van der Waals surface area contributed by atoms with Gasteiger partial charge in [-0.2, -0.15) is 0 Å². The van der Waals surface area contributed by atoms with Crippen molar-refractivity contribution >= 4 is 11.6 Å². The lowest BCUT2D eigenvalue weighted by molar-refractivity contribution is -0.118. The van der Waals surface area contributed by atoms with E-state index in [0.717, 1.165) is 11.3 Å². The highest BCUT2D eigenvalue weighted by Crippen LogP contribution is 2.23. The second kappa shape index (κ2) is 8.96. The van der Waals surface area contributed by atoms with Gasteiger partial charge in [-0.15, -0.1) is 0 Å². The van der Waals surface area contributed by atoms with Crippen LogP contribution in [0, 0.1) is 0 Å². The molecule has 1 atom stereocenters. The van der Waals surface area contributed by atoms with Crippen molar-refractivity contribution in [3.05, 3.63) is 84.6 Å². The molecule has 0 aliphatic rings. The smallest absolute Gasteiger partial charge is 0.226 e. The molecule has 0 aliphatic carbocycles. The van der Waals surface area contributed by atoms with E-state index in [4.69, 9.17) is 10.5 Å². The van der Waals surface area contributed by atoms with Crippen molar-refractivity contribution < 1.29 is 9.53 Å². The minimum Gasteiger partial charge on any atom is -0.439 e. The van der Waals surface area contributed by atoms with Crippen LogP contribution in [0.1, 0.15) is 24.4 Å². The van der Waals surface area contributed by atoms with Gasteiger partial charge in [-0.3, -0.25) is 4.79 Å². The minimum atomic E-state index is -0.141. The highest BCUT2D eigenvalue weighted by molar-refractivity contribution is 5.92. The zero-order valence-corrected chi connectivity index (χ0v) is 15.3. The first-order chi connectivity index (χ1) is 13.1. The summed E-state index contributed by atoms with van der Waals surface area (Å²) < 4.78 is 5.67. The van der Waals surface area contributed by atoms with Crippen LogP contribution >= 0.6 is 0 Å². The number of aromatic nitrogens is 1. The lowest BCUT2D eigenvalue weighted by atomic mass is 10.0. The quantitative estimate of drug-likeness (QED) is 0.680. The molecule has 0 radical (unpaired) electrons. The summed E-state index contributed by atoms with van der Waals surface area (Å²) in [4.78, 5) is 18.3. The normalized spacial score (nSPS) is 11.6. The third kappa shape index (κ3) is 5.15. The molecule has 0 bridgehead atoms. The van der Waals surface area contributed by atoms with Gasteiger partial charge >= 0.3 is 0 Å². The number of carbonyl (C=O) groups is 1. The molecule has 5 heteroatoms. The van der Waals surface area contributed by atoms with E-state index < -0.39 is 0 Å². The Bertz CT molecular complexity index is 852. The third-order valence-corrected chi connectivity index (χ3v) is 4.36. The number of rotatable bonds is 7. The molecule has 1 amide bonds. The fraction of sp³-hybridized carbons (Fsp3) is 0.182. The van der Waals surface area contributed by atoms with Crippen LogP contribution in [0.4, 0.5) is 5.69 Å². The largest absolute Gasteiger partial charge is 0.439 e. The van der Waals surface area contributed by atoms with E-state index in [0.29, 0.717) is 24.5 Å². The van der Waals surface area contributed by atoms with E-state index in [-0.39, 0.29) is 11.9 Å². The molecule has 5 nitrogen and oxygen atoms in total. The molecule has 0 unspecified atom stereocenters. The van der Waals surface area contributed by atoms with E-state index in [1.54, 1.807) is 24.2 Å². The first kappa shape index (κ1) is 18.6. The summed E-state index contributed by atoms with van der Waals surface area (Å²) in [6, 6.07) is 22.5. The average Bonchev–Trinajstić information content (AvgIpc) is 2.73. The molecule has 3 aromatic rings. The molecule has 0 spiro atoms. The van der Waals surface area contributed by atoms with Gasteiger partial charge in [-0.1, -0.05) is 36.4 Å². The summed E-state index contributed by atoms with van der Waals surface area (Å²) >= 11 is 0. The van der Waals surface area contributed by atoms with Gasteiger partial charge in [-0.05, 0) is 42.3 Å². The number of benzene rings is 2. The molecular formula is C22H23N3O2. The van der Waals surface area contributed by atoms with Gasteiger partial charge in [0.1, 0.15) is 5.75 Å². The standard InChI is InChI=1S/C22H23N3O2/c1-25(22(26)15-14-20(23)17-7-3-2-4-8-17)18-10-12-19(13-11-18)27-21-9-5-6-16-24-21/h2-13,16,20H,14-15,23H2,1H3/t20-/m1/s1. The van der Waals surface area contributed by atoms with Crippen molar-refractivity contribution in [2.24, 2.45) is 5.73 Å². The van der Waals surface area contributed by atoms with Crippen LogP contribution in [-0.2, 0) is 4.79 Å². The SMILES string of the molecule is CN(C(=O)CC[C@@H](N)c1ccccc1)c1ccc(Oc2ccccn2)cc1. The zero-order valence-electron chi connectivity index (χ0n) is 15.3. The van der Waals surface area contributed by atoms with E-state index in [2.05, 4.69) is 4.98 Å². The highest BCUT2D eigenvalue weighted by atomic mass is 16.5. The molecule has 0 fully saturated rings. The Balaban J connectivity index is 1.55. The van der Waals surface area contributed by atoms with E-state index >= 15 is 0 Å². The predicted molar refractivity (Wildman–Crippen MR) is 107 cm³/mol. The molecule has 1 heterocycles. The maximum Gasteiger partial charge on any atom is 0.226 e. The number of nitrogens with two attached hydrogens (primary N) is 1. The van der Waals surface area contributed by atoms with Crippen molar-refractivity contribution in [2.75, 3.05) is 11.9 Å². The average molecular weight is 361 g/mol. The van der Waals surface area contributed by atoms with Crippen LogP contribution in [0.25, 0.3) is 0 Å². The first-order valence-corrected chi connectivity index (χ1v) is 8.89. The Morgan fingerprint density at radius 1 is 1.04 bits per heavy atom. The molecule has 138 valence electrons. The number of amides is 1. The number of carbonyl (C=O) groups excluding carboxylic acids is 1. The summed E-state index contributed by atoms with van der Waals surface area (Å²) in [5, 5.41) is 0. The Kier molecular flexibility index (Phi) is 6.18. The van der Waals surface area contributed by atoms with Gasteiger partial charge in [0.2, 0.25) is 11.8 Å². The second-order valence-electron chi connectivity index (χ2n) is 6.27. The Morgan fingerprint density at radius 2 is 1.74 bits per heavy atom. The lowest BCUT2D eigenvalue weighted by Gasteiger charge is -2.19. The fourth-order valence-electron chi connectivity index (χ4n) is 2.72. The van der Waals surface area contributed by atoms with Crippen molar-refractivity contribution in [3.63, 3.8) is 0 Å². The number of hydrogen-bond acceptors (Lipinski definition) is 4. The van der Waals surface area contributed by atoms with Gasteiger partial charge in [0, 0.05) is 37.5 Å². The van der Waals surface area contributed by atoms with Gasteiger partial charge in [-0.25, -0.2) is 4.98 Å². The van der Waals surface area contributed by atoms with Crippen molar-refractivity contribution in [3.8, 4) is 11.6 Å². The number of anilines is 1. The molecule has 27 heavy (non-hydrogen) atoms. The van der Waals surface area contributed by atoms with Gasteiger partial charge < -0.3 is 15.4 Å². The molecule has 2 N–H and O–H groups in total. The summed E-state index contributed by atoms with van der Waals surface area (Å²) in [7, 11) is 1.77. The van der Waals surface area contributed by atoms with Crippen LogP contribution in [0.2, 0.25) is 0 Å². The van der Waals surface area contributed by atoms with Crippen LogP contribution in [0.5, 0.6) is 11.6 Å². The van der Waals surface area contributed by atoms with Crippen LogP contribution < -0.4 is 15.4 Å². The van der Waals surface area contributed by atoms with Crippen LogP contribution in [0.3, 0.4) is 0 Å². The van der Waals surface area contributed by atoms with Gasteiger partial charge in [0.25, 0.3) is 0 Å². The Hall–Kier alpha value is -3.18. The van der Waals surface area contributed by atoms with E-state index in [1.807, 2.05) is 66.7 Å². The van der Waals surface area contributed by atoms with Crippen molar-refractivity contribution in [1.29, 1.82) is 0 Å². The molecule has 0 saturated heterocycles. The third-order valence-electron chi connectivity index (χ3n) is 4.36. The summed E-state index contributed by atoms with van der Waals surface area (Å²) in [6.45, 7) is 0. The minimum absolute atomic E-state index is 0.0276. The monoisotopic (exact) mass is 361 g/mol. The Morgan fingerprint density at radius 3 is 2.41 bits per heavy atom. The molecule has 1 aromatic heterocycles. The molecule has 2 aromatic carbocycles. The topological polar surface area (TPSA) is 68.5 Å². The van der Waals surface area contributed by atoms with Crippen molar-refractivity contribution in [1.82, 2.24) is 4.98 Å². The first-order valence-electron chi connectivity index (χ1n) is 8.89. The van der Waals surface area contributed by atoms with Crippen LogP contribution in [0.15, 0.2) is 79.0 Å². The van der Waals surface area contributed by atoms with Gasteiger partial charge in [0.15, 0.2) is 0 Å². The molecular weight excluding hydrogens is 338 g/mol. The van der Waals surface area contributed by atoms with Crippen LogP contribution in [-0.4, -0.2) is 17.9 Å². The Labute approximate surface area is 159 Å². The predicted octanol–water partition coefficient (Wildman–Crippen LogP) is 4.32. The number of pyridine rings is 1. The lowest BCUT2D eigenvalue weighted by Crippen LogP contribution is -2.27. The maximum absolute atomic E-state index is 12.5. The van der Waals surface area contributed by atoms with E-state index in [9.17, 15) is 4.79 Å². The summed E-state index contributed by atoms with van der Waals surface area (Å²) in [5.74, 6) is 1.23. The number of nitrogens with zero attached hydrogens (tertiary/aromatic N) is 2. The van der Waals surface area contributed by atoms with E-state index in [1.165, 1.54) is 0 Å². The highest BCUT2D eigenvalue weighted by Gasteiger charge is 2.14. The second-order valence-corrected chi connectivity index (χ2v) is 6.27.